The molecule has 2 atom stereocenters. The zero-order valence-corrected chi connectivity index (χ0v) is 14.2. The number of carbonyl (C=O) groups excluding carboxylic acids is 2. The SMILES string of the molecule is CNC(=O)[C@@H]1C[C@@H](N)CN1C(=O)c1cc2cccc(C)c2nc1C. The number of carbonyl (C=O) groups is 2. The molecule has 0 aliphatic carbocycles. The van der Waals surface area contributed by atoms with E-state index in [0.717, 1.165) is 16.5 Å². The third-order valence-corrected chi connectivity index (χ3v) is 4.61. The van der Waals surface area contributed by atoms with Crippen LogP contribution in [0.1, 0.15) is 28.0 Å². The molecule has 0 spiro atoms. The van der Waals surface area contributed by atoms with Gasteiger partial charge in [0.2, 0.25) is 5.91 Å². The smallest absolute Gasteiger partial charge is 0.256 e. The molecule has 2 aromatic rings. The van der Waals surface area contributed by atoms with Gasteiger partial charge in [0.15, 0.2) is 0 Å². The average molecular weight is 326 g/mol. The predicted molar refractivity (Wildman–Crippen MR) is 92.7 cm³/mol. The van der Waals surface area contributed by atoms with Crippen molar-refractivity contribution in [3.63, 3.8) is 0 Å². The Morgan fingerprint density at radius 1 is 1.33 bits per heavy atom. The van der Waals surface area contributed by atoms with Crippen LogP contribution < -0.4 is 11.1 Å². The number of amides is 2. The number of fused-ring (bicyclic) bond motifs is 1. The van der Waals surface area contributed by atoms with Gasteiger partial charge in [0, 0.05) is 25.0 Å². The minimum absolute atomic E-state index is 0.182. The second kappa shape index (κ2) is 6.20. The number of likely N-dealkylation sites (tertiary alicyclic amines) is 1. The maximum Gasteiger partial charge on any atom is 0.256 e. The van der Waals surface area contributed by atoms with E-state index in [9.17, 15) is 9.59 Å². The van der Waals surface area contributed by atoms with Crippen molar-refractivity contribution in [3.8, 4) is 0 Å². The van der Waals surface area contributed by atoms with Gasteiger partial charge in [-0.25, -0.2) is 0 Å². The maximum atomic E-state index is 13.0. The van der Waals surface area contributed by atoms with Crippen LogP contribution in [0.4, 0.5) is 0 Å². The molecule has 0 unspecified atom stereocenters. The molecule has 1 aliphatic rings. The molecule has 1 aliphatic heterocycles. The molecule has 0 radical (unpaired) electrons. The highest BCUT2D eigenvalue weighted by Crippen LogP contribution is 2.24. The molecule has 2 heterocycles. The van der Waals surface area contributed by atoms with Crippen molar-refractivity contribution in [2.75, 3.05) is 13.6 Å². The number of hydrogen-bond donors (Lipinski definition) is 2. The third kappa shape index (κ3) is 2.73. The highest BCUT2D eigenvalue weighted by Gasteiger charge is 2.38. The van der Waals surface area contributed by atoms with E-state index in [1.54, 1.807) is 11.9 Å². The number of rotatable bonds is 2. The lowest BCUT2D eigenvalue weighted by Crippen LogP contribution is -2.45. The Hall–Kier alpha value is -2.47. The number of benzene rings is 1. The van der Waals surface area contributed by atoms with Crippen LogP contribution in [0.25, 0.3) is 10.9 Å². The molecule has 0 bridgehead atoms. The zero-order chi connectivity index (χ0) is 17.4. The monoisotopic (exact) mass is 326 g/mol. The topological polar surface area (TPSA) is 88.3 Å². The van der Waals surface area contributed by atoms with Gasteiger partial charge in [0.1, 0.15) is 6.04 Å². The first-order chi connectivity index (χ1) is 11.4. The van der Waals surface area contributed by atoms with Crippen molar-refractivity contribution >= 4 is 22.7 Å². The van der Waals surface area contributed by atoms with Gasteiger partial charge in [0.25, 0.3) is 5.91 Å². The highest BCUT2D eigenvalue weighted by molar-refractivity contribution is 6.01. The Bertz CT molecular complexity index is 818. The molecule has 0 saturated carbocycles. The summed E-state index contributed by atoms with van der Waals surface area (Å²) in [5.41, 5.74) is 9.14. The quantitative estimate of drug-likeness (QED) is 0.866. The minimum atomic E-state index is -0.523. The molecule has 1 saturated heterocycles. The van der Waals surface area contributed by atoms with Crippen LogP contribution >= 0.6 is 0 Å². The normalized spacial score (nSPS) is 20.4. The van der Waals surface area contributed by atoms with E-state index in [2.05, 4.69) is 10.3 Å². The van der Waals surface area contributed by atoms with Crippen LogP contribution in [-0.2, 0) is 4.79 Å². The van der Waals surface area contributed by atoms with Crippen LogP contribution in [0, 0.1) is 13.8 Å². The van der Waals surface area contributed by atoms with E-state index in [4.69, 9.17) is 5.73 Å². The van der Waals surface area contributed by atoms with Gasteiger partial charge in [-0.15, -0.1) is 0 Å². The van der Waals surface area contributed by atoms with Gasteiger partial charge in [-0.1, -0.05) is 18.2 Å². The first-order valence-corrected chi connectivity index (χ1v) is 8.07. The maximum absolute atomic E-state index is 13.0. The fourth-order valence-electron chi connectivity index (χ4n) is 3.32. The van der Waals surface area contributed by atoms with E-state index in [1.165, 1.54) is 0 Å². The first-order valence-electron chi connectivity index (χ1n) is 8.07. The van der Waals surface area contributed by atoms with Gasteiger partial charge in [-0.3, -0.25) is 14.6 Å². The van der Waals surface area contributed by atoms with Crippen molar-refractivity contribution in [2.45, 2.75) is 32.4 Å². The summed E-state index contributed by atoms with van der Waals surface area (Å²) in [6, 6.07) is 7.03. The van der Waals surface area contributed by atoms with E-state index < -0.39 is 6.04 Å². The molecule has 126 valence electrons. The van der Waals surface area contributed by atoms with Crippen molar-refractivity contribution in [1.29, 1.82) is 0 Å². The number of nitrogens with zero attached hydrogens (tertiary/aromatic N) is 2. The number of nitrogens with one attached hydrogen (secondary N) is 1. The Balaban J connectivity index is 2.01. The van der Waals surface area contributed by atoms with Gasteiger partial charge in [-0.05, 0) is 31.9 Å². The second-order valence-electron chi connectivity index (χ2n) is 6.35. The lowest BCUT2D eigenvalue weighted by Gasteiger charge is -2.24. The summed E-state index contributed by atoms with van der Waals surface area (Å²) < 4.78 is 0. The lowest BCUT2D eigenvalue weighted by atomic mass is 10.1. The Kier molecular flexibility index (Phi) is 4.24. The molecule has 1 aromatic heterocycles. The fourth-order valence-corrected chi connectivity index (χ4v) is 3.32. The molecule has 3 N–H and O–H groups in total. The molecular weight excluding hydrogens is 304 g/mol. The predicted octanol–water partition coefficient (Wildman–Crippen LogP) is 1.14. The Morgan fingerprint density at radius 2 is 2.08 bits per heavy atom. The zero-order valence-electron chi connectivity index (χ0n) is 14.2. The molecule has 2 amide bonds. The standard InChI is InChI=1S/C18H22N4O2/c1-10-5-4-6-12-7-14(11(2)21-16(10)12)18(24)22-9-13(19)8-15(22)17(23)20-3/h4-7,13,15H,8-9,19H2,1-3H3,(H,20,23)/t13-,15+/m1/s1. The summed E-state index contributed by atoms with van der Waals surface area (Å²) in [5, 5.41) is 3.53. The largest absolute Gasteiger partial charge is 0.357 e. The number of para-hydroxylation sites is 1. The van der Waals surface area contributed by atoms with Crippen LogP contribution in [0.3, 0.4) is 0 Å². The summed E-state index contributed by atoms with van der Waals surface area (Å²) >= 11 is 0. The van der Waals surface area contributed by atoms with Gasteiger partial charge >= 0.3 is 0 Å². The number of pyridine rings is 1. The molecule has 1 fully saturated rings. The number of aromatic nitrogens is 1. The van der Waals surface area contributed by atoms with Gasteiger partial charge < -0.3 is 16.0 Å². The number of hydrogen-bond acceptors (Lipinski definition) is 4. The first kappa shape index (κ1) is 16.4. The van der Waals surface area contributed by atoms with Crippen molar-refractivity contribution in [3.05, 3.63) is 41.1 Å². The summed E-state index contributed by atoms with van der Waals surface area (Å²) in [4.78, 5) is 31.3. The van der Waals surface area contributed by atoms with Crippen LogP contribution in [0.5, 0.6) is 0 Å². The van der Waals surface area contributed by atoms with Crippen LogP contribution in [0.15, 0.2) is 24.3 Å². The average Bonchev–Trinajstić information content (AvgIpc) is 2.96. The van der Waals surface area contributed by atoms with Crippen LogP contribution in [-0.4, -0.2) is 47.4 Å². The molecule has 24 heavy (non-hydrogen) atoms. The third-order valence-electron chi connectivity index (χ3n) is 4.61. The molecule has 6 heteroatoms. The van der Waals surface area contributed by atoms with Crippen molar-refractivity contribution < 1.29 is 9.59 Å². The number of nitrogens with two attached hydrogens (primary N) is 1. The highest BCUT2D eigenvalue weighted by atomic mass is 16.2. The van der Waals surface area contributed by atoms with E-state index in [-0.39, 0.29) is 17.9 Å². The lowest BCUT2D eigenvalue weighted by molar-refractivity contribution is -0.124. The number of aryl methyl sites for hydroxylation is 2. The molecule has 6 nitrogen and oxygen atoms in total. The molecule has 1 aromatic carbocycles. The van der Waals surface area contributed by atoms with Gasteiger partial charge in [0.05, 0.1) is 16.8 Å². The summed E-state index contributed by atoms with van der Waals surface area (Å²) in [6.45, 7) is 4.20. The van der Waals surface area contributed by atoms with E-state index in [0.29, 0.717) is 24.2 Å². The van der Waals surface area contributed by atoms with Crippen LogP contribution in [0.2, 0.25) is 0 Å². The van der Waals surface area contributed by atoms with Crippen molar-refractivity contribution in [2.24, 2.45) is 5.73 Å². The Labute approximate surface area is 141 Å². The summed E-state index contributed by atoms with van der Waals surface area (Å²) in [5.74, 6) is -0.372. The summed E-state index contributed by atoms with van der Waals surface area (Å²) in [6.07, 6.45) is 0.477. The van der Waals surface area contributed by atoms with Gasteiger partial charge in [-0.2, -0.15) is 0 Å². The molecule has 3 rings (SSSR count). The second-order valence-corrected chi connectivity index (χ2v) is 6.35. The Morgan fingerprint density at radius 3 is 2.79 bits per heavy atom. The summed E-state index contributed by atoms with van der Waals surface area (Å²) in [7, 11) is 1.57. The van der Waals surface area contributed by atoms with Crippen molar-refractivity contribution in [1.82, 2.24) is 15.2 Å². The molecular formula is C18H22N4O2. The fraction of sp³-hybridized carbons (Fsp3) is 0.389. The minimum Gasteiger partial charge on any atom is -0.357 e. The number of likely N-dealkylation sites (N-methyl/N-ethyl adjacent to an activating group) is 1. The van der Waals surface area contributed by atoms with E-state index in [1.807, 2.05) is 38.1 Å². The van der Waals surface area contributed by atoms with E-state index >= 15 is 0 Å².